The van der Waals surface area contributed by atoms with Crippen LogP contribution in [0.3, 0.4) is 0 Å². The molecule has 1 heterocycles. The standard InChI is InChI=1S/C18H14ClFN2O4/c19-13-8-12(5-6-14(13)20)22-16(23)9-15(18(22)26)21-11-3-1-10(2-4-11)7-17(24)25/h1-6,8,15,21H,7,9H2,(H,24,25)/p-1/t15-/m1/s1. The van der Waals surface area contributed by atoms with Crippen LogP contribution < -0.4 is 15.3 Å². The Labute approximate surface area is 153 Å². The van der Waals surface area contributed by atoms with E-state index in [4.69, 9.17) is 11.6 Å². The van der Waals surface area contributed by atoms with Crippen LogP contribution in [0.15, 0.2) is 42.5 Å². The molecule has 2 aromatic rings. The van der Waals surface area contributed by atoms with Crippen molar-refractivity contribution in [3.63, 3.8) is 0 Å². The van der Waals surface area contributed by atoms with Gasteiger partial charge in [0.25, 0.3) is 5.91 Å². The second kappa shape index (κ2) is 7.13. The lowest BCUT2D eigenvalue weighted by molar-refractivity contribution is -0.304. The molecule has 3 rings (SSSR count). The molecule has 0 spiro atoms. The number of hydrogen-bond acceptors (Lipinski definition) is 5. The minimum Gasteiger partial charge on any atom is -0.550 e. The second-order valence-corrected chi connectivity index (χ2v) is 6.22. The van der Waals surface area contributed by atoms with Crippen LogP contribution in [-0.4, -0.2) is 23.8 Å². The molecule has 0 saturated carbocycles. The number of benzene rings is 2. The molecule has 1 aliphatic rings. The highest BCUT2D eigenvalue weighted by atomic mass is 35.5. The van der Waals surface area contributed by atoms with E-state index in [1.54, 1.807) is 24.3 Å². The van der Waals surface area contributed by atoms with E-state index in [9.17, 15) is 23.9 Å². The molecule has 6 nitrogen and oxygen atoms in total. The van der Waals surface area contributed by atoms with E-state index in [0.29, 0.717) is 11.3 Å². The summed E-state index contributed by atoms with van der Waals surface area (Å²) in [5.74, 6) is -2.73. The maximum atomic E-state index is 13.3. The zero-order valence-corrected chi connectivity index (χ0v) is 14.1. The predicted molar refractivity (Wildman–Crippen MR) is 91.1 cm³/mol. The second-order valence-electron chi connectivity index (χ2n) is 5.81. The summed E-state index contributed by atoms with van der Waals surface area (Å²) in [6.45, 7) is 0. The van der Waals surface area contributed by atoms with Gasteiger partial charge in [0.15, 0.2) is 0 Å². The van der Waals surface area contributed by atoms with Gasteiger partial charge >= 0.3 is 0 Å². The number of rotatable bonds is 5. The number of carboxylic acids is 1. The SMILES string of the molecule is O=C([O-])Cc1ccc(N[C@@H]2CC(=O)N(c3ccc(F)c(Cl)c3)C2=O)cc1. The molecule has 0 aromatic heterocycles. The molecule has 1 saturated heterocycles. The highest BCUT2D eigenvalue weighted by molar-refractivity contribution is 6.31. The summed E-state index contributed by atoms with van der Waals surface area (Å²) in [4.78, 5) is 36.3. The molecule has 0 radical (unpaired) electrons. The summed E-state index contributed by atoms with van der Waals surface area (Å²) >= 11 is 5.72. The summed E-state index contributed by atoms with van der Waals surface area (Å²) in [6, 6.07) is 9.28. The molecule has 2 amide bonds. The first-order valence-corrected chi connectivity index (χ1v) is 8.10. The number of nitrogens with zero attached hydrogens (tertiary/aromatic N) is 1. The van der Waals surface area contributed by atoms with Crippen molar-refractivity contribution >= 4 is 40.8 Å². The Hall–Kier alpha value is -2.93. The summed E-state index contributed by atoms with van der Waals surface area (Å²) in [7, 11) is 0. The fourth-order valence-corrected chi connectivity index (χ4v) is 2.90. The van der Waals surface area contributed by atoms with Crippen molar-refractivity contribution in [1.29, 1.82) is 0 Å². The zero-order chi connectivity index (χ0) is 18.8. The van der Waals surface area contributed by atoms with E-state index < -0.39 is 29.6 Å². The smallest absolute Gasteiger partial charge is 0.256 e. The number of halogens is 2. The molecule has 1 N–H and O–H groups in total. The molecule has 8 heteroatoms. The number of hydrogen-bond donors (Lipinski definition) is 1. The first kappa shape index (κ1) is 17.9. The van der Waals surface area contributed by atoms with E-state index in [1.807, 2.05) is 0 Å². The van der Waals surface area contributed by atoms with Crippen LogP contribution in [0.5, 0.6) is 0 Å². The fraction of sp³-hybridized carbons (Fsp3) is 0.167. The lowest BCUT2D eigenvalue weighted by Gasteiger charge is -2.16. The Morgan fingerprint density at radius 3 is 2.54 bits per heavy atom. The molecule has 1 atom stereocenters. The molecule has 134 valence electrons. The van der Waals surface area contributed by atoms with E-state index in [2.05, 4.69) is 5.32 Å². The zero-order valence-electron chi connectivity index (χ0n) is 13.4. The predicted octanol–water partition coefficient (Wildman–Crippen LogP) is 1.52. The van der Waals surface area contributed by atoms with Gasteiger partial charge in [-0.1, -0.05) is 23.7 Å². The van der Waals surface area contributed by atoms with Crippen molar-refractivity contribution in [3.05, 3.63) is 58.9 Å². The van der Waals surface area contributed by atoms with E-state index in [1.165, 1.54) is 12.1 Å². The van der Waals surface area contributed by atoms with Crippen molar-refractivity contribution in [2.24, 2.45) is 0 Å². The van der Waals surface area contributed by atoms with Gasteiger partial charge in [0.05, 0.1) is 17.1 Å². The van der Waals surface area contributed by atoms with Crippen LogP contribution in [0.25, 0.3) is 0 Å². The maximum absolute atomic E-state index is 13.3. The minimum atomic E-state index is -1.18. The average molecular weight is 376 g/mol. The Morgan fingerprint density at radius 1 is 1.23 bits per heavy atom. The van der Waals surface area contributed by atoms with Gasteiger partial charge in [-0.3, -0.25) is 9.59 Å². The van der Waals surface area contributed by atoms with Gasteiger partial charge in [0, 0.05) is 18.1 Å². The van der Waals surface area contributed by atoms with Crippen molar-refractivity contribution in [3.8, 4) is 0 Å². The Balaban J connectivity index is 1.74. The van der Waals surface area contributed by atoms with Crippen LogP contribution in [0.2, 0.25) is 5.02 Å². The largest absolute Gasteiger partial charge is 0.550 e. The van der Waals surface area contributed by atoms with Crippen molar-refractivity contribution in [2.75, 3.05) is 10.2 Å². The highest BCUT2D eigenvalue weighted by Gasteiger charge is 2.39. The van der Waals surface area contributed by atoms with E-state index >= 15 is 0 Å². The van der Waals surface area contributed by atoms with Gasteiger partial charge in [-0.05, 0) is 35.9 Å². The molecular weight excluding hydrogens is 363 g/mol. The number of aliphatic carboxylic acids is 1. The number of carbonyl (C=O) groups excluding carboxylic acids is 3. The number of anilines is 2. The van der Waals surface area contributed by atoms with Crippen LogP contribution in [0.1, 0.15) is 12.0 Å². The van der Waals surface area contributed by atoms with E-state index in [-0.39, 0.29) is 23.6 Å². The number of nitrogens with one attached hydrogen (secondary N) is 1. The van der Waals surface area contributed by atoms with Gasteiger partial charge in [-0.15, -0.1) is 0 Å². The van der Waals surface area contributed by atoms with Crippen LogP contribution in [-0.2, 0) is 20.8 Å². The maximum Gasteiger partial charge on any atom is 0.256 e. The summed E-state index contributed by atoms with van der Waals surface area (Å²) < 4.78 is 13.3. The fourth-order valence-electron chi connectivity index (χ4n) is 2.73. The molecular formula is C18H13ClFN2O4-. The summed E-state index contributed by atoms with van der Waals surface area (Å²) in [6.07, 6.45) is -0.269. The molecule has 0 unspecified atom stereocenters. The van der Waals surface area contributed by atoms with Crippen molar-refractivity contribution in [2.45, 2.75) is 18.9 Å². The van der Waals surface area contributed by atoms with Crippen molar-refractivity contribution < 1.29 is 23.9 Å². The third-order valence-corrected chi connectivity index (χ3v) is 4.24. The highest BCUT2D eigenvalue weighted by Crippen LogP contribution is 2.28. The lowest BCUT2D eigenvalue weighted by atomic mass is 10.1. The van der Waals surface area contributed by atoms with Gasteiger partial charge in [0.2, 0.25) is 5.91 Å². The van der Waals surface area contributed by atoms with Gasteiger partial charge in [-0.2, -0.15) is 0 Å². The monoisotopic (exact) mass is 375 g/mol. The number of carboxylic acid groups (broad SMARTS) is 1. The van der Waals surface area contributed by atoms with E-state index in [0.717, 1.165) is 11.0 Å². The average Bonchev–Trinajstić information content (AvgIpc) is 2.85. The molecule has 0 aliphatic carbocycles. The molecule has 1 fully saturated rings. The third-order valence-electron chi connectivity index (χ3n) is 3.95. The van der Waals surface area contributed by atoms with Gasteiger partial charge < -0.3 is 15.2 Å². The summed E-state index contributed by atoms with van der Waals surface area (Å²) in [5, 5.41) is 13.3. The lowest BCUT2D eigenvalue weighted by Crippen LogP contribution is -2.34. The number of amides is 2. The van der Waals surface area contributed by atoms with Crippen LogP contribution in [0, 0.1) is 5.82 Å². The third kappa shape index (κ3) is 3.67. The number of imide groups is 1. The molecule has 2 aromatic carbocycles. The van der Waals surface area contributed by atoms with Crippen LogP contribution >= 0.6 is 11.6 Å². The Kier molecular flexibility index (Phi) is 4.90. The normalized spacial score (nSPS) is 16.8. The van der Waals surface area contributed by atoms with Gasteiger partial charge in [0.1, 0.15) is 11.9 Å². The minimum absolute atomic E-state index is 0.0609. The first-order chi connectivity index (χ1) is 12.3. The first-order valence-electron chi connectivity index (χ1n) is 7.72. The summed E-state index contributed by atoms with van der Waals surface area (Å²) in [5.41, 5.74) is 1.34. The Morgan fingerprint density at radius 2 is 1.92 bits per heavy atom. The quantitative estimate of drug-likeness (QED) is 0.800. The van der Waals surface area contributed by atoms with Crippen molar-refractivity contribution in [1.82, 2.24) is 0 Å². The van der Waals surface area contributed by atoms with Gasteiger partial charge in [-0.25, -0.2) is 9.29 Å². The Bertz CT molecular complexity index is 885. The molecule has 1 aliphatic heterocycles. The molecule has 0 bridgehead atoms. The van der Waals surface area contributed by atoms with Crippen LogP contribution in [0.4, 0.5) is 15.8 Å². The topological polar surface area (TPSA) is 89.5 Å². The molecule has 26 heavy (non-hydrogen) atoms. The number of carbonyl (C=O) groups is 3.